The number of rotatable bonds is 7. The molecular weight excluding hydrogens is 407 g/mol. The molecule has 2 atom stereocenters. The zero-order chi connectivity index (χ0) is 21.8. The molecule has 0 spiro atoms. The maximum Gasteiger partial charge on any atom is 0.233 e. The number of likely N-dealkylation sites (tertiary alicyclic amines) is 1. The van der Waals surface area contributed by atoms with Crippen LogP contribution in [0, 0.1) is 11.7 Å². The predicted molar refractivity (Wildman–Crippen MR) is 113 cm³/mol. The summed E-state index contributed by atoms with van der Waals surface area (Å²) >= 11 is 1.28. The Kier molecular flexibility index (Phi) is 7.09. The van der Waals surface area contributed by atoms with Crippen molar-refractivity contribution in [1.29, 1.82) is 0 Å². The fourth-order valence-electron chi connectivity index (χ4n) is 3.36. The van der Waals surface area contributed by atoms with Gasteiger partial charge in [-0.3, -0.25) is 19.1 Å². The molecule has 2 heterocycles. The molecule has 2 unspecified atom stereocenters. The number of carbonyl (C=O) groups is 2. The highest BCUT2D eigenvalue weighted by Gasteiger charge is 2.28. The zero-order valence-corrected chi connectivity index (χ0v) is 18.2. The molecule has 30 heavy (non-hydrogen) atoms. The number of primary amides is 1. The van der Waals surface area contributed by atoms with Crippen LogP contribution in [0.15, 0.2) is 29.4 Å². The standard InChI is InChI=1S/C20H27FN6O2S/c1-13(25(2)3)19-23-24-20(27(19)16-8-6-15(21)7-9-16)30-12-17(28)26-10-4-5-14(11-26)18(22)29/h6-9,13-14H,4-5,10-12H2,1-3H3,(H2,22,29). The summed E-state index contributed by atoms with van der Waals surface area (Å²) in [6.45, 7) is 2.99. The Labute approximate surface area is 179 Å². The molecule has 0 saturated carbocycles. The number of hydrogen-bond donors (Lipinski definition) is 1. The van der Waals surface area contributed by atoms with E-state index in [4.69, 9.17) is 5.73 Å². The molecule has 2 N–H and O–H groups in total. The van der Waals surface area contributed by atoms with E-state index >= 15 is 0 Å². The van der Waals surface area contributed by atoms with Crippen molar-refractivity contribution in [3.05, 3.63) is 35.9 Å². The minimum absolute atomic E-state index is 0.0361. The quantitative estimate of drug-likeness (QED) is 0.668. The summed E-state index contributed by atoms with van der Waals surface area (Å²) in [7, 11) is 3.88. The SMILES string of the molecule is CC(c1nnc(SCC(=O)N2CCCC(C(N)=O)C2)n1-c1ccc(F)cc1)N(C)C. The van der Waals surface area contributed by atoms with Gasteiger partial charge < -0.3 is 10.6 Å². The smallest absolute Gasteiger partial charge is 0.233 e. The number of halogens is 1. The van der Waals surface area contributed by atoms with Gasteiger partial charge in [0.1, 0.15) is 5.82 Å². The summed E-state index contributed by atoms with van der Waals surface area (Å²) < 4.78 is 15.3. The van der Waals surface area contributed by atoms with Crippen LogP contribution in [0.5, 0.6) is 0 Å². The lowest BCUT2D eigenvalue weighted by molar-refractivity contribution is -0.132. The number of benzene rings is 1. The van der Waals surface area contributed by atoms with E-state index in [-0.39, 0.29) is 35.3 Å². The third kappa shape index (κ3) is 4.99. The zero-order valence-electron chi connectivity index (χ0n) is 17.4. The largest absolute Gasteiger partial charge is 0.369 e. The number of aromatic nitrogens is 3. The average Bonchev–Trinajstić information content (AvgIpc) is 3.15. The van der Waals surface area contributed by atoms with E-state index in [0.717, 1.165) is 18.5 Å². The fraction of sp³-hybridized carbons (Fsp3) is 0.500. The fourth-order valence-corrected chi connectivity index (χ4v) is 4.22. The van der Waals surface area contributed by atoms with E-state index in [0.29, 0.717) is 24.1 Å². The van der Waals surface area contributed by atoms with Crippen LogP contribution in [0.2, 0.25) is 0 Å². The van der Waals surface area contributed by atoms with Crippen molar-refractivity contribution in [2.75, 3.05) is 32.9 Å². The molecule has 1 aliphatic rings. The van der Waals surface area contributed by atoms with Crippen molar-refractivity contribution in [1.82, 2.24) is 24.6 Å². The Bertz CT molecular complexity index is 901. The van der Waals surface area contributed by atoms with E-state index in [9.17, 15) is 14.0 Å². The van der Waals surface area contributed by atoms with Crippen molar-refractivity contribution < 1.29 is 14.0 Å². The molecule has 0 bridgehead atoms. The maximum atomic E-state index is 13.4. The molecule has 2 aromatic rings. The Balaban J connectivity index is 1.79. The first-order valence-corrected chi connectivity index (χ1v) is 10.8. The van der Waals surface area contributed by atoms with Crippen LogP contribution in [0.3, 0.4) is 0 Å². The molecule has 3 rings (SSSR count). The Morgan fingerprint density at radius 2 is 2.00 bits per heavy atom. The van der Waals surface area contributed by atoms with Gasteiger partial charge in [-0.2, -0.15) is 0 Å². The molecule has 0 aliphatic carbocycles. The number of nitrogens with two attached hydrogens (primary N) is 1. The lowest BCUT2D eigenvalue weighted by Gasteiger charge is -2.31. The van der Waals surface area contributed by atoms with Gasteiger partial charge in [0.2, 0.25) is 11.8 Å². The molecule has 1 aromatic carbocycles. The van der Waals surface area contributed by atoms with Crippen molar-refractivity contribution in [2.45, 2.75) is 31.0 Å². The highest BCUT2D eigenvalue weighted by Crippen LogP contribution is 2.27. The van der Waals surface area contributed by atoms with Gasteiger partial charge >= 0.3 is 0 Å². The Morgan fingerprint density at radius 3 is 2.63 bits per heavy atom. The average molecular weight is 435 g/mol. The van der Waals surface area contributed by atoms with Crippen molar-refractivity contribution in [3.8, 4) is 5.69 Å². The molecule has 2 amide bonds. The lowest BCUT2D eigenvalue weighted by atomic mass is 9.97. The number of carbonyl (C=O) groups excluding carboxylic acids is 2. The summed E-state index contributed by atoms with van der Waals surface area (Å²) in [5.41, 5.74) is 6.14. The van der Waals surface area contributed by atoms with Crippen LogP contribution in [-0.4, -0.2) is 69.3 Å². The first kappa shape index (κ1) is 22.2. The van der Waals surface area contributed by atoms with Gasteiger partial charge in [0.15, 0.2) is 11.0 Å². The molecule has 1 aliphatic heterocycles. The number of amides is 2. The normalized spacial score (nSPS) is 17.9. The number of thioether (sulfide) groups is 1. The van der Waals surface area contributed by atoms with Crippen LogP contribution < -0.4 is 5.73 Å². The third-order valence-electron chi connectivity index (χ3n) is 5.39. The predicted octanol–water partition coefficient (Wildman–Crippen LogP) is 1.84. The highest BCUT2D eigenvalue weighted by molar-refractivity contribution is 7.99. The van der Waals surface area contributed by atoms with Crippen molar-refractivity contribution in [3.63, 3.8) is 0 Å². The van der Waals surface area contributed by atoms with E-state index in [2.05, 4.69) is 10.2 Å². The van der Waals surface area contributed by atoms with Gasteiger partial charge in [0.25, 0.3) is 0 Å². The van der Waals surface area contributed by atoms with Crippen molar-refractivity contribution in [2.24, 2.45) is 11.7 Å². The first-order chi connectivity index (χ1) is 14.3. The minimum Gasteiger partial charge on any atom is -0.369 e. The Hall–Kier alpha value is -2.46. The Morgan fingerprint density at radius 1 is 1.30 bits per heavy atom. The van der Waals surface area contributed by atoms with E-state index in [1.54, 1.807) is 17.0 Å². The second-order valence-corrected chi connectivity index (χ2v) is 8.60. The molecule has 0 radical (unpaired) electrons. The van der Waals surface area contributed by atoms with Gasteiger partial charge in [-0.05, 0) is 58.1 Å². The molecule has 10 heteroatoms. The van der Waals surface area contributed by atoms with Crippen LogP contribution in [0.4, 0.5) is 4.39 Å². The number of hydrogen-bond acceptors (Lipinski definition) is 6. The minimum atomic E-state index is -0.362. The molecule has 162 valence electrons. The molecule has 8 nitrogen and oxygen atoms in total. The van der Waals surface area contributed by atoms with Gasteiger partial charge in [0, 0.05) is 18.8 Å². The van der Waals surface area contributed by atoms with E-state index in [1.165, 1.54) is 23.9 Å². The van der Waals surface area contributed by atoms with Crippen LogP contribution >= 0.6 is 11.8 Å². The molecule has 1 aromatic heterocycles. The molecular formula is C20H27FN6O2S. The number of piperidine rings is 1. The summed E-state index contributed by atoms with van der Waals surface area (Å²) in [5, 5.41) is 9.18. The van der Waals surface area contributed by atoms with Crippen LogP contribution in [0.1, 0.15) is 31.6 Å². The summed E-state index contributed by atoms with van der Waals surface area (Å²) in [5.74, 6) is -0.175. The number of nitrogens with zero attached hydrogens (tertiary/aromatic N) is 5. The van der Waals surface area contributed by atoms with Gasteiger partial charge in [-0.1, -0.05) is 11.8 Å². The van der Waals surface area contributed by atoms with E-state index < -0.39 is 0 Å². The second-order valence-electron chi connectivity index (χ2n) is 7.66. The van der Waals surface area contributed by atoms with Crippen molar-refractivity contribution >= 4 is 23.6 Å². The maximum absolute atomic E-state index is 13.4. The lowest BCUT2D eigenvalue weighted by Crippen LogP contribution is -2.44. The highest BCUT2D eigenvalue weighted by atomic mass is 32.2. The first-order valence-electron chi connectivity index (χ1n) is 9.85. The van der Waals surface area contributed by atoms with Gasteiger partial charge in [0.05, 0.1) is 17.7 Å². The summed E-state index contributed by atoms with van der Waals surface area (Å²) in [4.78, 5) is 27.9. The monoisotopic (exact) mass is 434 g/mol. The topological polar surface area (TPSA) is 97.4 Å². The second kappa shape index (κ2) is 9.57. The summed E-state index contributed by atoms with van der Waals surface area (Å²) in [6.07, 6.45) is 1.48. The third-order valence-corrected chi connectivity index (χ3v) is 6.31. The molecule has 1 fully saturated rings. The van der Waals surface area contributed by atoms with E-state index in [1.807, 2.05) is 30.5 Å². The summed E-state index contributed by atoms with van der Waals surface area (Å²) in [6, 6.07) is 6.07. The van der Waals surface area contributed by atoms with Crippen LogP contribution in [-0.2, 0) is 9.59 Å². The molecule has 1 saturated heterocycles. The van der Waals surface area contributed by atoms with Gasteiger partial charge in [-0.25, -0.2) is 4.39 Å². The van der Waals surface area contributed by atoms with Crippen LogP contribution in [0.25, 0.3) is 5.69 Å². The van der Waals surface area contributed by atoms with Gasteiger partial charge in [-0.15, -0.1) is 10.2 Å².